The molecule has 0 atom stereocenters. The van der Waals surface area contributed by atoms with Gasteiger partial charge in [-0.1, -0.05) is 6.07 Å². The van der Waals surface area contributed by atoms with Gasteiger partial charge in [0.05, 0.1) is 30.3 Å². The Hall–Kier alpha value is -2.99. The number of benzene rings is 1. The van der Waals surface area contributed by atoms with Crippen molar-refractivity contribution >= 4 is 21.9 Å². The number of nitrogens with zero attached hydrogens (tertiary/aromatic N) is 3. The summed E-state index contributed by atoms with van der Waals surface area (Å²) in [5, 5.41) is 11.1. The molecule has 0 aliphatic rings. The highest BCUT2D eigenvalue weighted by Gasteiger charge is 2.11. The number of nitrogens with one attached hydrogen (secondary N) is 1. The van der Waals surface area contributed by atoms with Crippen molar-refractivity contribution in [1.29, 1.82) is 0 Å². The molecule has 4 rings (SSSR count). The van der Waals surface area contributed by atoms with Crippen molar-refractivity contribution in [2.75, 3.05) is 7.11 Å². The van der Waals surface area contributed by atoms with Crippen LogP contribution in [0.1, 0.15) is 5.69 Å². The van der Waals surface area contributed by atoms with Crippen molar-refractivity contribution < 1.29 is 9.84 Å². The van der Waals surface area contributed by atoms with Gasteiger partial charge in [-0.3, -0.25) is 0 Å². The van der Waals surface area contributed by atoms with Gasteiger partial charge in [-0.05, 0) is 29.8 Å². The standard InChI is InChI=1S/C17H14N4O2/c1-23-17-13-6-10(2-5-15(13)19-9-20-17)14-7-18-16-12(14)4-3-11(8-22)21-16/h2-7,9,22H,8H2,1H3,(H,18,21). The number of pyridine rings is 1. The van der Waals surface area contributed by atoms with Crippen molar-refractivity contribution in [3.05, 3.63) is 48.5 Å². The third-order valence-corrected chi connectivity index (χ3v) is 3.86. The number of aliphatic hydroxyl groups excluding tert-OH is 1. The predicted molar refractivity (Wildman–Crippen MR) is 87.1 cm³/mol. The summed E-state index contributed by atoms with van der Waals surface area (Å²) in [5.41, 5.74) is 4.28. The van der Waals surface area contributed by atoms with Crippen LogP contribution in [-0.2, 0) is 6.61 Å². The zero-order chi connectivity index (χ0) is 15.8. The Morgan fingerprint density at radius 2 is 2.04 bits per heavy atom. The van der Waals surface area contributed by atoms with Crippen LogP contribution in [0, 0.1) is 0 Å². The van der Waals surface area contributed by atoms with Crippen LogP contribution in [0.2, 0.25) is 0 Å². The van der Waals surface area contributed by atoms with E-state index in [1.807, 2.05) is 36.5 Å². The fraction of sp³-hybridized carbons (Fsp3) is 0.118. The minimum atomic E-state index is -0.0746. The van der Waals surface area contributed by atoms with Gasteiger partial charge in [0, 0.05) is 17.1 Å². The second-order valence-electron chi connectivity index (χ2n) is 5.17. The highest BCUT2D eigenvalue weighted by Crippen LogP contribution is 2.32. The van der Waals surface area contributed by atoms with Gasteiger partial charge in [0.25, 0.3) is 0 Å². The van der Waals surface area contributed by atoms with Crippen molar-refractivity contribution in [1.82, 2.24) is 19.9 Å². The van der Waals surface area contributed by atoms with Crippen molar-refractivity contribution in [3.8, 4) is 17.0 Å². The van der Waals surface area contributed by atoms with Gasteiger partial charge >= 0.3 is 0 Å². The molecule has 0 spiro atoms. The highest BCUT2D eigenvalue weighted by atomic mass is 16.5. The molecular weight excluding hydrogens is 292 g/mol. The lowest BCUT2D eigenvalue weighted by atomic mass is 10.0. The first kappa shape index (κ1) is 13.7. The lowest BCUT2D eigenvalue weighted by Gasteiger charge is -2.06. The molecule has 2 N–H and O–H groups in total. The molecule has 0 saturated carbocycles. The van der Waals surface area contributed by atoms with Crippen LogP contribution < -0.4 is 4.74 Å². The smallest absolute Gasteiger partial charge is 0.224 e. The number of aliphatic hydroxyl groups is 1. The predicted octanol–water partition coefficient (Wildman–Crippen LogP) is 2.67. The Morgan fingerprint density at radius 1 is 1.13 bits per heavy atom. The first-order valence-corrected chi connectivity index (χ1v) is 7.17. The third kappa shape index (κ3) is 2.20. The minimum Gasteiger partial charge on any atom is -0.480 e. The SMILES string of the molecule is COc1ncnc2ccc(-c3c[nH]c4nc(CO)ccc34)cc12. The van der Waals surface area contributed by atoms with E-state index in [4.69, 9.17) is 4.74 Å². The molecule has 0 bridgehead atoms. The van der Waals surface area contributed by atoms with Gasteiger partial charge in [-0.2, -0.15) is 0 Å². The Kier molecular flexibility index (Phi) is 3.17. The van der Waals surface area contributed by atoms with E-state index < -0.39 is 0 Å². The molecule has 0 amide bonds. The summed E-state index contributed by atoms with van der Waals surface area (Å²) in [4.78, 5) is 15.9. The van der Waals surface area contributed by atoms with Crippen LogP contribution in [0.15, 0.2) is 42.9 Å². The number of hydrogen-bond acceptors (Lipinski definition) is 5. The number of methoxy groups -OCH3 is 1. The van der Waals surface area contributed by atoms with E-state index in [1.165, 1.54) is 6.33 Å². The number of hydrogen-bond donors (Lipinski definition) is 2. The summed E-state index contributed by atoms with van der Waals surface area (Å²) in [6.07, 6.45) is 3.41. The summed E-state index contributed by atoms with van der Waals surface area (Å²) in [5.74, 6) is 0.553. The lowest BCUT2D eigenvalue weighted by molar-refractivity contribution is 0.277. The average molecular weight is 306 g/mol. The summed E-state index contributed by atoms with van der Waals surface area (Å²) in [6.45, 7) is -0.0746. The van der Waals surface area contributed by atoms with Gasteiger partial charge in [0.15, 0.2) is 0 Å². The molecule has 4 aromatic rings. The number of aromatic nitrogens is 4. The van der Waals surface area contributed by atoms with E-state index in [0.717, 1.165) is 33.1 Å². The van der Waals surface area contributed by atoms with Crippen LogP contribution in [0.5, 0.6) is 5.88 Å². The first-order valence-electron chi connectivity index (χ1n) is 7.17. The highest BCUT2D eigenvalue weighted by molar-refractivity contribution is 5.97. The zero-order valence-corrected chi connectivity index (χ0v) is 12.4. The zero-order valence-electron chi connectivity index (χ0n) is 12.4. The number of H-pyrrole nitrogens is 1. The molecule has 0 fully saturated rings. The van der Waals surface area contributed by atoms with Gasteiger partial charge in [-0.15, -0.1) is 0 Å². The van der Waals surface area contributed by atoms with E-state index in [-0.39, 0.29) is 6.61 Å². The summed E-state index contributed by atoms with van der Waals surface area (Å²) >= 11 is 0. The maximum Gasteiger partial charge on any atom is 0.224 e. The van der Waals surface area contributed by atoms with Gasteiger partial charge in [-0.25, -0.2) is 15.0 Å². The monoisotopic (exact) mass is 306 g/mol. The fourth-order valence-electron chi connectivity index (χ4n) is 2.74. The number of aromatic amines is 1. The molecule has 6 heteroatoms. The topological polar surface area (TPSA) is 83.9 Å². The molecule has 1 aromatic carbocycles. The summed E-state index contributed by atoms with van der Waals surface area (Å²) < 4.78 is 5.32. The van der Waals surface area contributed by atoms with E-state index in [0.29, 0.717) is 11.6 Å². The quantitative estimate of drug-likeness (QED) is 0.608. The molecule has 0 aliphatic carbocycles. The Balaban J connectivity index is 1.92. The Labute approximate surface area is 131 Å². The third-order valence-electron chi connectivity index (χ3n) is 3.86. The number of ether oxygens (including phenoxy) is 1. The van der Waals surface area contributed by atoms with Crippen LogP contribution >= 0.6 is 0 Å². The van der Waals surface area contributed by atoms with Crippen molar-refractivity contribution in [2.45, 2.75) is 6.61 Å². The fourth-order valence-corrected chi connectivity index (χ4v) is 2.74. The van der Waals surface area contributed by atoms with E-state index in [1.54, 1.807) is 7.11 Å². The van der Waals surface area contributed by atoms with E-state index in [9.17, 15) is 5.11 Å². The number of fused-ring (bicyclic) bond motifs is 2. The molecule has 23 heavy (non-hydrogen) atoms. The molecule has 0 radical (unpaired) electrons. The van der Waals surface area contributed by atoms with Crippen molar-refractivity contribution in [2.24, 2.45) is 0 Å². The van der Waals surface area contributed by atoms with Crippen LogP contribution in [0.3, 0.4) is 0 Å². The normalized spacial score (nSPS) is 11.2. The average Bonchev–Trinajstić information content (AvgIpc) is 3.03. The van der Waals surface area contributed by atoms with E-state index >= 15 is 0 Å². The molecule has 0 aliphatic heterocycles. The van der Waals surface area contributed by atoms with Crippen LogP contribution in [0.4, 0.5) is 0 Å². The molecule has 114 valence electrons. The largest absolute Gasteiger partial charge is 0.480 e. The Morgan fingerprint density at radius 3 is 2.87 bits per heavy atom. The molecule has 6 nitrogen and oxygen atoms in total. The second kappa shape index (κ2) is 5.33. The molecule has 3 heterocycles. The van der Waals surface area contributed by atoms with Crippen LogP contribution in [-0.4, -0.2) is 32.2 Å². The summed E-state index contributed by atoms with van der Waals surface area (Å²) in [7, 11) is 1.60. The van der Waals surface area contributed by atoms with Crippen molar-refractivity contribution in [3.63, 3.8) is 0 Å². The lowest BCUT2D eigenvalue weighted by Crippen LogP contribution is -1.91. The summed E-state index contributed by atoms with van der Waals surface area (Å²) in [6, 6.07) is 9.75. The number of rotatable bonds is 3. The van der Waals surface area contributed by atoms with Crippen LogP contribution in [0.25, 0.3) is 33.1 Å². The maximum absolute atomic E-state index is 9.19. The molecule has 0 saturated heterocycles. The van der Waals surface area contributed by atoms with Gasteiger partial charge in [0.1, 0.15) is 12.0 Å². The van der Waals surface area contributed by atoms with Gasteiger partial charge < -0.3 is 14.8 Å². The molecular formula is C17H14N4O2. The Bertz CT molecular complexity index is 1010. The first-order chi connectivity index (χ1) is 11.3. The van der Waals surface area contributed by atoms with E-state index in [2.05, 4.69) is 19.9 Å². The second-order valence-corrected chi connectivity index (χ2v) is 5.17. The van der Waals surface area contributed by atoms with Gasteiger partial charge in [0.2, 0.25) is 5.88 Å². The minimum absolute atomic E-state index is 0.0746. The molecule has 3 aromatic heterocycles. The maximum atomic E-state index is 9.19. The molecule has 0 unspecified atom stereocenters.